The molecule has 0 aliphatic heterocycles. The third kappa shape index (κ3) is 4.96. The minimum Gasteiger partial charge on any atom is -0.480 e. The van der Waals surface area contributed by atoms with Gasteiger partial charge in [-0.1, -0.05) is 6.92 Å². The average molecular weight is 390 g/mol. The molecule has 1 aliphatic rings. The molecule has 0 saturated heterocycles. The second-order valence-corrected chi connectivity index (χ2v) is 7.25. The van der Waals surface area contributed by atoms with Crippen LogP contribution in [-0.4, -0.2) is 47.2 Å². The van der Waals surface area contributed by atoms with Gasteiger partial charge in [0.15, 0.2) is 0 Å². The van der Waals surface area contributed by atoms with E-state index in [1.54, 1.807) is 11.3 Å². The number of halogens is 1. The first kappa shape index (κ1) is 17.2. The van der Waals surface area contributed by atoms with Gasteiger partial charge in [0.05, 0.1) is 13.1 Å². The summed E-state index contributed by atoms with van der Waals surface area (Å²) in [5.41, 5.74) is 0. The zero-order valence-corrected chi connectivity index (χ0v) is 14.7. The van der Waals surface area contributed by atoms with E-state index < -0.39 is 5.97 Å². The number of aliphatic carboxylic acids is 1. The first-order valence-corrected chi connectivity index (χ1v) is 8.88. The highest BCUT2D eigenvalue weighted by molar-refractivity contribution is 9.10. The summed E-state index contributed by atoms with van der Waals surface area (Å²) in [7, 11) is 0. The molecule has 1 fully saturated rings. The molecule has 1 aromatic rings. The molecule has 22 heavy (non-hydrogen) atoms. The first-order valence-electron chi connectivity index (χ1n) is 7.21. The van der Waals surface area contributed by atoms with Gasteiger partial charge >= 0.3 is 12.0 Å². The van der Waals surface area contributed by atoms with Gasteiger partial charge in [-0.25, -0.2) is 4.79 Å². The Hall–Kier alpha value is -1.12. The zero-order chi connectivity index (χ0) is 16.1. The minimum absolute atomic E-state index is 0.0628. The van der Waals surface area contributed by atoms with E-state index in [1.807, 2.05) is 23.3 Å². The molecule has 1 aromatic heterocycles. The fraction of sp³-hybridized carbons (Fsp3) is 0.571. The van der Waals surface area contributed by atoms with Crippen LogP contribution in [0.4, 0.5) is 4.79 Å². The maximum Gasteiger partial charge on any atom is 0.317 e. The van der Waals surface area contributed by atoms with Crippen LogP contribution < -0.4 is 10.6 Å². The lowest BCUT2D eigenvalue weighted by atomic mass is 9.85. The van der Waals surface area contributed by atoms with Gasteiger partial charge in [-0.2, -0.15) is 0 Å². The van der Waals surface area contributed by atoms with Crippen molar-refractivity contribution < 1.29 is 14.7 Å². The number of carbonyl (C=O) groups excluding carboxylic acids is 1. The van der Waals surface area contributed by atoms with Crippen molar-refractivity contribution in [3.8, 4) is 0 Å². The Morgan fingerprint density at radius 1 is 1.50 bits per heavy atom. The molecule has 0 radical (unpaired) electrons. The maximum absolute atomic E-state index is 11.8. The predicted octanol–water partition coefficient (Wildman–Crippen LogP) is 2.25. The molecular formula is C14H20BrN3O3S. The summed E-state index contributed by atoms with van der Waals surface area (Å²) in [6.45, 7) is 3.24. The number of likely N-dealkylation sites (N-methyl/N-ethyl adjacent to an activating group) is 1. The number of carbonyl (C=O) groups is 2. The van der Waals surface area contributed by atoms with Crippen molar-refractivity contribution in [2.75, 3.05) is 13.1 Å². The average Bonchev–Trinajstić information content (AvgIpc) is 2.83. The summed E-state index contributed by atoms with van der Waals surface area (Å²) in [4.78, 5) is 25.6. The fourth-order valence-corrected chi connectivity index (χ4v) is 3.92. The van der Waals surface area contributed by atoms with E-state index in [2.05, 4.69) is 26.6 Å². The molecular weight excluding hydrogens is 370 g/mol. The summed E-state index contributed by atoms with van der Waals surface area (Å²) in [5, 5.41) is 16.6. The third-order valence-electron chi connectivity index (χ3n) is 3.75. The smallest absolute Gasteiger partial charge is 0.317 e. The highest BCUT2D eigenvalue weighted by atomic mass is 79.9. The first-order chi connectivity index (χ1) is 10.5. The summed E-state index contributed by atoms with van der Waals surface area (Å²) >= 11 is 4.97. The number of hydrogen-bond donors (Lipinski definition) is 3. The summed E-state index contributed by atoms with van der Waals surface area (Å²) < 4.78 is 1.02. The Labute approximate surface area is 142 Å². The van der Waals surface area contributed by atoms with Crippen molar-refractivity contribution in [3.63, 3.8) is 0 Å². The number of nitrogens with one attached hydrogen (secondary N) is 2. The fourth-order valence-electron chi connectivity index (χ4n) is 2.53. The standard InChI is InChI=1S/C14H20BrN3O3S/c1-2-18(7-13(19)20)11-4-10(5-11)17-14(21)16-6-12-3-9(15)8-22-12/h3,8,10-11H,2,4-7H2,1H3,(H,19,20)(H2,16,17,21). The molecule has 1 aliphatic carbocycles. The van der Waals surface area contributed by atoms with Gasteiger partial charge in [-0.05, 0) is 41.4 Å². The number of carboxylic acid groups (broad SMARTS) is 1. The van der Waals surface area contributed by atoms with Crippen LogP contribution in [0.3, 0.4) is 0 Å². The number of rotatable bonds is 7. The number of urea groups is 1. The molecule has 0 unspecified atom stereocenters. The van der Waals surface area contributed by atoms with Gasteiger partial charge in [-0.15, -0.1) is 11.3 Å². The Morgan fingerprint density at radius 3 is 2.77 bits per heavy atom. The van der Waals surface area contributed by atoms with E-state index in [9.17, 15) is 9.59 Å². The monoisotopic (exact) mass is 389 g/mol. The molecule has 0 aromatic carbocycles. The summed E-state index contributed by atoms with van der Waals surface area (Å²) in [5.74, 6) is -0.807. The Bertz CT molecular complexity index is 531. The number of carboxylic acids is 1. The van der Waals surface area contributed by atoms with Gasteiger partial charge < -0.3 is 15.7 Å². The second kappa shape index (κ2) is 7.94. The normalized spacial score (nSPS) is 20.5. The lowest BCUT2D eigenvalue weighted by molar-refractivity contribution is -0.139. The summed E-state index contributed by atoms with van der Waals surface area (Å²) in [6, 6.07) is 2.19. The molecule has 0 bridgehead atoms. The van der Waals surface area contributed by atoms with E-state index in [1.165, 1.54) is 0 Å². The molecule has 0 spiro atoms. The molecule has 2 rings (SSSR count). The number of amides is 2. The Kier molecular flexibility index (Phi) is 6.22. The van der Waals surface area contributed by atoms with E-state index in [0.29, 0.717) is 13.1 Å². The Morgan fingerprint density at radius 2 is 2.23 bits per heavy atom. The van der Waals surface area contributed by atoms with Crippen molar-refractivity contribution in [1.29, 1.82) is 0 Å². The van der Waals surface area contributed by atoms with Crippen molar-refractivity contribution in [1.82, 2.24) is 15.5 Å². The van der Waals surface area contributed by atoms with Crippen molar-refractivity contribution >= 4 is 39.3 Å². The van der Waals surface area contributed by atoms with Gasteiger partial charge in [0, 0.05) is 26.8 Å². The largest absolute Gasteiger partial charge is 0.480 e. The van der Waals surface area contributed by atoms with Crippen LogP contribution in [0.2, 0.25) is 0 Å². The van der Waals surface area contributed by atoms with E-state index in [4.69, 9.17) is 5.11 Å². The van der Waals surface area contributed by atoms with Crippen LogP contribution in [0.25, 0.3) is 0 Å². The molecule has 3 N–H and O–H groups in total. The van der Waals surface area contributed by atoms with E-state index in [-0.39, 0.29) is 24.7 Å². The van der Waals surface area contributed by atoms with Crippen molar-refractivity contribution in [3.05, 3.63) is 20.8 Å². The lowest BCUT2D eigenvalue weighted by Gasteiger charge is -2.42. The second-order valence-electron chi connectivity index (χ2n) is 5.34. The third-order valence-corrected chi connectivity index (χ3v) is 5.45. The van der Waals surface area contributed by atoms with Crippen LogP contribution in [0.1, 0.15) is 24.6 Å². The highest BCUT2D eigenvalue weighted by Gasteiger charge is 2.34. The molecule has 1 heterocycles. The molecule has 122 valence electrons. The van der Waals surface area contributed by atoms with Crippen LogP contribution in [0.15, 0.2) is 15.9 Å². The van der Waals surface area contributed by atoms with Crippen molar-refractivity contribution in [2.24, 2.45) is 0 Å². The predicted molar refractivity (Wildman–Crippen MR) is 89.1 cm³/mol. The van der Waals surface area contributed by atoms with Crippen LogP contribution in [0.5, 0.6) is 0 Å². The quantitative estimate of drug-likeness (QED) is 0.667. The summed E-state index contributed by atoms with van der Waals surface area (Å²) in [6.07, 6.45) is 1.61. The van der Waals surface area contributed by atoms with Gasteiger partial charge in [-0.3, -0.25) is 9.69 Å². The van der Waals surface area contributed by atoms with Gasteiger partial charge in [0.2, 0.25) is 0 Å². The highest BCUT2D eigenvalue weighted by Crippen LogP contribution is 2.25. The van der Waals surface area contributed by atoms with Crippen LogP contribution in [0, 0.1) is 0 Å². The number of nitrogens with zero attached hydrogens (tertiary/aromatic N) is 1. The van der Waals surface area contributed by atoms with Gasteiger partial charge in [0.25, 0.3) is 0 Å². The molecule has 1 saturated carbocycles. The molecule has 2 amide bonds. The van der Waals surface area contributed by atoms with Gasteiger partial charge in [0.1, 0.15) is 0 Å². The van der Waals surface area contributed by atoms with Crippen LogP contribution in [-0.2, 0) is 11.3 Å². The lowest BCUT2D eigenvalue weighted by Crippen LogP contribution is -2.56. The molecule has 0 atom stereocenters. The SMILES string of the molecule is CCN(CC(=O)O)C1CC(NC(=O)NCc2cc(Br)cs2)C1. The van der Waals surface area contributed by atoms with E-state index >= 15 is 0 Å². The zero-order valence-electron chi connectivity index (χ0n) is 12.3. The topological polar surface area (TPSA) is 81.7 Å². The minimum atomic E-state index is -0.807. The van der Waals surface area contributed by atoms with Crippen molar-refractivity contribution in [2.45, 2.75) is 38.4 Å². The van der Waals surface area contributed by atoms with Crippen LogP contribution >= 0.6 is 27.3 Å². The number of thiophene rings is 1. The molecule has 8 heteroatoms. The molecule has 6 nitrogen and oxygen atoms in total. The van der Waals surface area contributed by atoms with E-state index in [0.717, 1.165) is 22.2 Å². The maximum atomic E-state index is 11.8. The number of hydrogen-bond acceptors (Lipinski definition) is 4. The Balaban J connectivity index is 1.66.